The highest BCUT2D eigenvalue weighted by atomic mass is 127. The van der Waals surface area contributed by atoms with Gasteiger partial charge in [-0.2, -0.15) is 5.10 Å². The van der Waals surface area contributed by atoms with Crippen molar-refractivity contribution in [2.24, 2.45) is 4.99 Å². The minimum atomic E-state index is 0. The zero-order valence-corrected chi connectivity index (χ0v) is 16.6. The number of aryl methyl sites for hydroxylation is 3. The molecule has 0 fully saturated rings. The standard InChI is InChI=1S/C16H23N7.HI/c1-11-6-4-8-18-14(11)10-19-16(17-3)21-13-7-5-9-23-15(13)20-12(2)22-23;/h4,6,8,13H,5,7,9-10H2,1-3H3,(H2,17,19,21);1H. The van der Waals surface area contributed by atoms with E-state index in [1.807, 2.05) is 23.9 Å². The van der Waals surface area contributed by atoms with Crippen molar-refractivity contribution in [3.05, 3.63) is 41.2 Å². The van der Waals surface area contributed by atoms with E-state index in [9.17, 15) is 0 Å². The molecule has 1 aliphatic heterocycles. The third-order valence-corrected chi connectivity index (χ3v) is 4.06. The van der Waals surface area contributed by atoms with Crippen molar-refractivity contribution >= 4 is 29.9 Å². The Balaban J connectivity index is 0.00000208. The van der Waals surface area contributed by atoms with E-state index in [1.165, 1.54) is 5.56 Å². The van der Waals surface area contributed by atoms with Crippen molar-refractivity contribution in [1.29, 1.82) is 0 Å². The summed E-state index contributed by atoms with van der Waals surface area (Å²) in [5.74, 6) is 2.57. The molecule has 0 spiro atoms. The molecule has 130 valence electrons. The van der Waals surface area contributed by atoms with E-state index in [1.54, 1.807) is 7.05 Å². The molecule has 0 aromatic carbocycles. The monoisotopic (exact) mass is 441 g/mol. The Kier molecular flexibility index (Phi) is 6.52. The van der Waals surface area contributed by atoms with Gasteiger partial charge in [0.1, 0.15) is 11.6 Å². The number of pyridine rings is 1. The van der Waals surface area contributed by atoms with Gasteiger partial charge in [-0.3, -0.25) is 9.98 Å². The number of hydrogen-bond acceptors (Lipinski definition) is 4. The van der Waals surface area contributed by atoms with E-state index < -0.39 is 0 Å². The van der Waals surface area contributed by atoms with Crippen LogP contribution >= 0.6 is 24.0 Å². The molecule has 8 heteroatoms. The van der Waals surface area contributed by atoms with Gasteiger partial charge in [0.25, 0.3) is 0 Å². The highest BCUT2D eigenvalue weighted by Crippen LogP contribution is 2.22. The number of rotatable bonds is 3. The van der Waals surface area contributed by atoms with Crippen molar-refractivity contribution in [3.63, 3.8) is 0 Å². The lowest BCUT2D eigenvalue weighted by molar-refractivity contribution is 0.397. The molecule has 1 unspecified atom stereocenters. The van der Waals surface area contributed by atoms with Crippen LogP contribution in [0.25, 0.3) is 0 Å². The van der Waals surface area contributed by atoms with Crippen molar-refractivity contribution in [3.8, 4) is 0 Å². The Hall–Kier alpha value is -1.71. The van der Waals surface area contributed by atoms with E-state index >= 15 is 0 Å². The lowest BCUT2D eigenvalue weighted by atomic mass is 10.1. The predicted octanol–water partition coefficient (Wildman–Crippen LogP) is 2.11. The molecular formula is C16H24IN7. The Morgan fingerprint density at radius 3 is 3.00 bits per heavy atom. The maximum Gasteiger partial charge on any atom is 0.191 e. The molecule has 0 bridgehead atoms. The molecule has 0 saturated carbocycles. The van der Waals surface area contributed by atoms with Crippen LogP contribution in [-0.2, 0) is 13.1 Å². The third kappa shape index (κ3) is 4.22. The summed E-state index contributed by atoms with van der Waals surface area (Å²) < 4.78 is 1.99. The number of aliphatic imine (C=N–C) groups is 1. The number of hydrogen-bond donors (Lipinski definition) is 2. The molecule has 7 nitrogen and oxygen atoms in total. The fourth-order valence-electron chi connectivity index (χ4n) is 2.84. The van der Waals surface area contributed by atoms with Crippen LogP contribution in [0.15, 0.2) is 23.3 Å². The van der Waals surface area contributed by atoms with Crippen LogP contribution in [0.4, 0.5) is 0 Å². The van der Waals surface area contributed by atoms with E-state index in [0.29, 0.717) is 6.54 Å². The van der Waals surface area contributed by atoms with Gasteiger partial charge in [-0.05, 0) is 38.3 Å². The molecule has 2 aromatic heterocycles. The third-order valence-electron chi connectivity index (χ3n) is 4.06. The Bertz CT molecular complexity index is 710. The normalized spacial score (nSPS) is 17.0. The van der Waals surface area contributed by atoms with Gasteiger partial charge in [0.05, 0.1) is 18.3 Å². The van der Waals surface area contributed by atoms with Crippen molar-refractivity contribution < 1.29 is 0 Å². The first-order chi connectivity index (χ1) is 11.2. The minimum absolute atomic E-state index is 0. The topological polar surface area (TPSA) is 80.0 Å². The average molecular weight is 441 g/mol. The summed E-state index contributed by atoms with van der Waals surface area (Å²) in [4.78, 5) is 13.3. The molecule has 1 atom stereocenters. The molecule has 24 heavy (non-hydrogen) atoms. The summed E-state index contributed by atoms with van der Waals surface area (Å²) in [7, 11) is 1.78. The zero-order chi connectivity index (χ0) is 16.2. The number of aromatic nitrogens is 4. The van der Waals surface area contributed by atoms with Gasteiger partial charge in [0.15, 0.2) is 5.96 Å². The molecular weight excluding hydrogens is 417 g/mol. The summed E-state index contributed by atoms with van der Waals surface area (Å²) in [5.41, 5.74) is 2.20. The van der Waals surface area contributed by atoms with Crippen LogP contribution < -0.4 is 10.6 Å². The van der Waals surface area contributed by atoms with E-state index in [2.05, 4.69) is 43.7 Å². The first kappa shape index (κ1) is 18.6. The Morgan fingerprint density at radius 1 is 1.42 bits per heavy atom. The van der Waals surface area contributed by atoms with Gasteiger partial charge in [0.2, 0.25) is 0 Å². The Labute approximate surface area is 159 Å². The van der Waals surface area contributed by atoms with Crippen molar-refractivity contribution in [1.82, 2.24) is 30.4 Å². The van der Waals surface area contributed by atoms with Crippen LogP contribution in [0.3, 0.4) is 0 Å². The summed E-state index contributed by atoms with van der Waals surface area (Å²) in [6.45, 7) is 5.57. The first-order valence-corrected chi connectivity index (χ1v) is 7.96. The van der Waals surface area contributed by atoms with Crippen LogP contribution in [0.2, 0.25) is 0 Å². The van der Waals surface area contributed by atoms with Gasteiger partial charge in [-0.1, -0.05) is 6.07 Å². The lowest BCUT2D eigenvalue weighted by Gasteiger charge is -2.25. The van der Waals surface area contributed by atoms with E-state index in [-0.39, 0.29) is 30.0 Å². The second-order valence-corrected chi connectivity index (χ2v) is 5.77. The minimum Gasteiger partial charge on any atom is -0.351 e. The molecule has 0 radical (unpaired) electrons. The van der Waals surface area contributed by atoms with Gasteiger partial charge in [0, 0.05) is 19.8 Å². The van der Waals surface area contributed by atoms with Crippen LogP contribution in [0.5, 0.6) is 0 Å². The van der Waals surface area contributed by atoms with Crippen molar-refractivity contribution in [2.45, 2.75) is 45.8 Å². The van der Waals surface area contributed by atoms with Gasteiger partial charge in [-0.15, -0.1) is 24.0 Å². The van der Waals surface area contributed by atoms with Crippen LogP contribution in [0.1, 0.15) is 41.8 Å². The predicted molar refractivity (Wildman–Crippen MR) is 104 cm³/mol. The maximum atomic E-state index is 4.55. The number of fused-ring (bicyclic) bond motifs is 1. The number of nitrogens with one attached hydrogen (secondary N) is 2. The van der Waals surface area contributed by atoms with E-state index in [4.69, 9.17) is 0 Å². The van der Waals surface area contributed by atoms with Gasteiger partial charge >= 0.3 is 0 Å². The number of nitrogens with zero attached hydrogens (tertiary/aromatic N) is 5. The number of halogens is 1. The highest BCUT2D eigenvalue weighted by molar-refractivity contribution is 14.0. The smallest absolute Gasteiger partial charge is 0.191 e. The Morgan fingerprint density at radius 2 is 2.25 bits per heavy atom. The first-order valence-electron chi connectivity index (χ1n) is 7.96. The van der Waals surface area contributed by atoms with Crippen LogP contribution in [0, 0.1) is 13.8 Å². The summed E-state index contributed by atoms with van der Waals surface area (Å²) in [6.07, 6.45) is 3.93. The molecule has 2 N–H and O–H groups in total. The molecule has 3 rings (SSSR count). The fraction of sp³-hybridized carbons (Fsp3) is 0.500. The fourth-order valence-corrected chi connectivity index (χ4v) is 2.84. The zero-order valence-electron chi connectivity index (χ0n) is 14.3. The molecule has 3 heterocycles. The highest BCUT2D eigenvalue weighted by Gasteiger charge is 2.24. The summed E-state index contributed by atoms with van der Waals surface area (Å²) in [6, 6.07) is 4.15. The maximum absolute atomic E-state index is 4.55. The second-order valence-electron chi connectivity index (χ2n) is 5.77. The molecule has 0 aliphatic carbocycles. The van der Waals surface area contributed by atoms with Gasteiger partial charge in [-0.25, -0.2) is 9.67 Å². The molecule has 2 aromatic rings. The molecule has 0 saturated heterocycles. The quantitative estimate of drug-likeness (QED) is 0.434. The van der Waals surface area contributed by atoms with Crippen LogP contribution in [-0.4, -0.2) is 32.8 Å². The van der Waals surface area contributed by atoms with Gasteiger partial charge < -0.3 is 10.6 Å². The number of guanidine groups is 1. The SMILES string of the molecule is CN=C(NCc1ncccc1C)NC1CCCn2nc(C)nc21.I. The lowest BCUT2D eigenvalue weighted by Crippen LogP contribution is -2.41. The average Bonchev–Trinajstić information content (AvgIpc) is 2.94. The summed E-state index contributed by atoms with van der Waals surface area (Å²) >= 11 is 0. The van der Waals surface area contributed by atoms with E-state index in [0.717, 1.165) is 42.7 Å². The second kappa shape index (κ2) is 8.41. The summed E-state index contributed by atoms with van der Waals surface area (Å²) in [5, 5.41) is 11.2. The largest absolute Gasteiger partial charge is 0.351 e. The van der Waals surface area contributed by atoms with Crippen molar-refractivity contribution in [2.75, 3.05) is 7.05 Å². The molecule has 1 aliphatic rings. The molecule has 0 amide bonds.